The van der Waals surface area contributed by atoms with Gasteiger partial charge in [0, 0.05) is 6.04 Å². The van der Waals surface area contributed by atoms with Gasteiger partial charge in [-0.05, 0) is 58.4 Å². The number of aromatic hydroxyl groups is 1. The molecule has 3 N–H and O–H groups in total. The van der Waals surface area contributed by atoms with Crippen molar-refractivity contribution in [2.24, 2.45) is 11.7 Å². The lowest BCUT2D eigenvalue weighted by atomic mass is 9.73. The second-order valence-electron chi connectivity index (χ2n) is 8.68. The molecule has 1 saturated carbocycles. The van der Waals surface area contributed by atoms with E-state index < -0.39 is 0 Å². The highest BCUT2D eigenvalue weighted by molar-refractivity contribution is 5.85. The summed E-state index contributed by atoms with van der Waals surface area (Å²) in [4.78, 5) is 0. The lowest BCUT2D eigenvalue weighted by Gasteiger charge is -2.34. The lowest BCUT2D eigenvalue weighted by molar-refractivity contribution is 0.263. The molecule has 1 fully saturated rings. The fourth-order valence-corrected chi connectivity index (χ4v) is 3.06. The van der Waals surface area contributed by atoms with Gasteiger partial charge in [0.25, 0.3) is 0 Å². The van der Waals surface area contributed by atoms with Gasteiger partial charge in [-0.1, -0.05) is 48.0 Å². The van der Waals surface area contributed by atoms with Crippen LogP contribution < -0.4 is 5.73 Å². The van der Waals surface area contributed by atoms with E-state index in [2.05, 4.69) is 53.7 Å². The number of phenols is 1. The van der Waals surface area contributed by atoms with Crippen molar-refractivity contribution in [3.8, 4) is 5.75 Å². The Hall–Kier alpha value is -0.730. The minimum absolute atomic E-state index is 0. The van der Waals surface area contributed by atoms with E-state index in [1.165, 1.54) is 24.8 Å². The zero-order valence-electron chi connectivity index (χ0n) is 14.9. The maximum atomic E-state index is 10.7. The van der Waals surface area contributed by atoms with Crippen LogP contribution in [0.1, 0.15) is 83.5 Å². The average molecular weight is 326 g/mol. The van der Waals surface area contributed by atoms with E-state index in [1.54, 1.807) is 0 Å². The Bertz CT molecular complexity index is 486. The predicted octanol–water partition coefficient (Wildman–Crippen LogP) is 5.21. The molecule has 0 amide bonds. The SMILES string of the molecule is CC(C)(C)c1cc([C@H](N)C2CCC2)cc(C(C)(C)C)c1O.Cl. The molecule has 1 aliphatic rings. The fourth-order valence-electron chi connectivity index (χ4n) is 3.06. The van der Waals surface area contributed by atoms with E-state index in [0.29, 0.717) is 11.7 Å². The van der Waals surface area contributed by atoms with Gasteiger partial charge in [-0.15, -0.1) is 12.4 Å². The molecule has 0 saturated heterocycles. The molecule has 126 valence electrons. The van der Waals surface area contributed by atoms with Crippen LogP contribution >= 0.6 is 12.4 Å². The van der Waals surface area contributed by atoms with E-state index in [1.807, 2.05) is 0 Å². The number of rotatable bonds is 2. The highest BCUT2D eigenvalue weighted by Crippen LogP contribution is 2.43. The van der Waals surface area contributed by atoms with Gasteiger partial charge >= 0.3 is 0 Å². The van der Waals surface area contributed by atoms with Crippen LogP contribution in [0.25, 0.3) is 0 Å². The number of hydrogen-bond donors (Lipinski definition) is 2. The molecule has 1 aromatic rings. The van der Waals surface area contributed by atoms with Crippen LogP contribution in [0.2, 0.25) is 0 Å². The van der Waals surface area contributed by atoms with Crippen molar-refractivity contribution in [2.45, 2.75) is 77.7 Å². The van der Waals surface area contributed by atoms with Crippen LogP contribution in [0, 0.1) is 5.92 Å². The second-order valence-corrected chi connectivity index (χ2v) is 8.68. The minimum atomic E-state index is -0.0839. The van der Waals surface area contributed by atoms with Gasteiger partial charge < -0.3 is 10.8 Å². The molecule has 0 unspecified atom stereocenters. The van der Waals surface area contributed by atoms with Gasteiger partial charge in [0.15, 0.2) is 0 Å². The maximum Gasteiger partial charge on any atom is 0.123 e. The first-order valence-corrected chi connectivity index (χ1v) is 8.15. The topological polar surface area (TPSA) is 46.2 Å². The zero-order chi connectivity index (χ0) is 16.0. The zero-order valence-corrected chi connectivity index (χ0v) is 15.7. The largest absolute Gasteiger partial charge is 0.507 e. The summed E-state index contributed by atoms with van der Waals surface area (Å²) in [5, 5.41) is 10.7. The molecule has 2 rings (SSSR count). The van der Waals surface area contributed by atoms with Crippen molar-refractivity contribution in [3.63, 3.8) is 0 Å². The quantitative estimate of drug-likeness (QED) is 0.784. The first-order valence-electron chi connectivity index (χ1n) is 8.15. The van der Waals surface area contributed by atoms with Crippen LogP contribution in [0.3, 0.4) is 0 Å². The number of halogens is 1. The molecular formula is C19H32ClNO. The summed E-state index contributed by atoms with van der Waals surface area (Å²) in [6.45, 7) is 12.9. The molecule has 0 aliphatic heterocycles. The summed E-state index contributed by atoms with van der Waals surface area (Å²) >= 11 is 0. The van der Waals surface area contributed by atoms with Crippen LogP contribution in [-0.2, 0) is 10.8 Å². The normalized spacial score (nSPS) is 17.6. The average Bonchev–Trinajstić information content (AvgIpc) is 2.23. The number of benzene rings is 1. The highest BCUT2D eigenvalue weighted by atomic mass is 35.5. The predicted molar refractivity (Wildman–Crippen MR) is 97.0 cm³/mol. The maximum absolute atomic E-state index is 10.7. The second kappa shape index (κ2) is 6.41. The molecule has 0 radical (unpaired) electrons. The molecule has 22 heavy (non-hydrogen) atoms. The van der Waals surface area contributed by atoms with E-state index in [4.69, 9.17) is 5.73 Å². The van der Waals surface area contributed by atoms with Crippen molar-refractivity contribution in [2.75, 3.05) is 0 Å². The molecule has 1 aliphatic carbocycles. The Balaban J connectivity index is 0.00000242. The summed E-state index contributed by atoms with van der Waals surface area (Å²) < 4.78 is 0. The minimum Gasteiger partial charge on any atom is -0.507 e. The van der Waals surface area contributed by atoms with Crippen LogP contribution in [0.15, 0.2) is 12.1 Å². The summed E-state index contributed by atoms with van der Waals surface area (Å²) in [6.07, 6.45) is 3.77. The number of hydrogen-bond acceptors (Lipinski definition) is 2. The van der Waals surface area contributed by atoms with Crippen LogP contribution in [-0.4, -0.2) is 5.11 Å². The van der Waals surface area contributed by atoms with E-state index in [0.717, 1.165) is 11.1 Å². The molecular weight excluding hydrogens is 294 g/mol. The summed E-state index contributed by atoms with van der Waals surface area (Å²) in [6, 6.07) is 4.36. The van der Waals surface area contributed by atoms with Gasteiger partial charge in [0.05, 0.1) is 0 Å². The molecule has 2 nitrogen and oxygen atoms in total. The summed E-state index contributed by atoms with van der Waals surface area (Å²) in [7, 11) is 0. The third kappa shape index (κ3) is 3.78. The fraction of sp³-hybridized carbons (Fsp3) is 0.684. The Morgan fingerprint density at radius 2 is 1.41 bits per heavy atom. The Morgan fingerprint density at radius 1 is 1.00 bits per heavy atom. The van der Waals surface area contributed by atoms with Crippen molar-refractivity contribution in [1.82, 2.24) is 0 Å². The molecule has 0 heterocycles. The smallest absolute Gasteiger partial charge is 0.123 e. The Morgan fingerprint density at radius 3 is 1.68 bits per heavy atom. The van der Waals surface area contributed by atoms with E-state index >= 15 is 0 Å². The van der Waals surface area contributed by atoms with Crippen molar-refractivity contribution < 1.29 is 5.11 Å². The van der Waals surface area contributed by atoms with Gasteiger partial charge in [0.2, 0.25) is 0 Å². The van der Waals surface area contributed by atoms with Gasteiger partial charge in [-0.3, -0.25) is 0 Å². The van der Waals surface area contributed by atoms with Gasteiger partial charge in [0.1, 0.15) is 5.75 Å². The summed E-state index contributed by atoms with van der Waals surface area (Å²) in [5.41, 5.74) is 9.54. The molecule has 0 spiro atoms. The molecule has 1 aromatic carbocycles. The number of phenolic OH excluding ortho intramolecular Hbond substituents is 1. The van der Waals surface area contributed by atoms with Crippen LogP contribution in [0.4, 0.5) is 0 Å². The third-order valence-corrected chi connectivity index (χ3v) is 4.79. The van der Waals surface area contributed by atoms with Gasteiger partial charge in [-0.25, -0.2) is 0 Å². The molecule has 0 bridgehead atoms. The van der Waals surface area contributed by atoms with Crippen molar-refractivity contribution in [1.29, 1.82) is 0 Å². The first-order chi connectivity index (χ1) is 9.51. The number of nitrogens with two attached hydrogens (primary N) is 1. The Kier molecular flexibility index (Phi) is 5.63. The lowest BCUT2D eigenvalue weighted by Crippen LogP contribution is -2.28. The standard InChI is InChI=1S/C19H31NO.ClH/c1-18(2,3)14-10-13(16(20)12-8-7-9-12)11-15(17(14)21)19(4,5)6;/h10-12,16,21H,7-9,20H2,1-6H3;1H/t16-;/m1./s1. The monoisotopic (exact) mass is 325 g/mol. The Labute approximate surface area is 141 Å². The van der Waals surface area contributed by atoms with E-state index in [9.17, 15) is 5.11 Å². The molecule has 0 aromatic heterocycles. The molecule has 3 heteroatoms. The first kappa shape index (κ1) is 19.3. The highest BCUT2D eigenvalue weighted by Gasteiger charge is 2.31. The van der Waals surface area contributed by atoms with Crippen LogP contribution in [0.5, 0.6) is 5.75 Å². The summed E-state index contributed by atoms with van der Waals surface area (Å²) in [5.74, 6) is 1.05. The third-order valence-electron chi connectivity index (χ3n) is 4.79. The van der Waals surface area contributed by atoms with Crippen molar-refractivity contribution in [3.05, 3.63) is 28.8 Å². The van der Waals surface area contributed by atoms with Gasteiger partial charge in [-0.2, -0.15) is 0 Å². The molecule has 1 atom stereocenters. The van der Waals surface area contributed by atoms with Crippen molar-refractivity contribution >= 4 is 12.4 Å². The van der Waals surface area contributed by atoms with E-state index in [-0.39, 0.29) is 29.3 Å².